The Morgan fingerprint density at radius 1 is 1.64 bits per heavy atom. The quantitative estimate of drug-likeness (QED) is 0.544. The maximum absolute atomic E-state index is 5.08. The average Bonchev–Trinajstić information content (AvgIpc) is 2.37. The number of nitrogens with one attached hydrogen (secondary N) is 1. The van der Waals surface area contributed by atoms with Gasteiger partial charge in [0.05, 0.1) is 0 Å². The Morgan fingerprint density at radius 2 is 2.45 bits per heavy atom. The molecule has 0 amide bonds. The van der Waals surface area contributed by atoms with E-state index in [4.69, 9.17) is 6.42 Å². The van der Waals surface area contributed by atoms with Gasteiger partial charge in [0, 0.05) is 13.0 Å². The van der Waals surface area contributed by atoms with Gasteiger partial charge in [0.15, 0.2) is 0 Å². The number of hydrogen-bond acceptors (Lipinski definition) is 4. The first-order chi connectivity index (χ1) is 5.33. The maximum Gasteiger partial charge on any atom is 0.205 e. The van der Waals surface area contributed by atoms with Gasteiger partial charge in [0.1, 0.15) is 5.01 Å². The van der Waals surface area contributed by atoms with Crippen molar-refractivity contribution in [1.29, 1.82) is 0 Å². The summed E-state index contributed by atoms with van der Waals surface area (Å²) in [6.07, 6.45) is 5.80. The van der Waals surface area contributed by atoms with Gasteiger partial charge in [-0.1, -0.05) is 11.3 Å². The molecular weight excluding hydrogens is 158 g/mol. The molecule has 3 nitrogen and oxygen atoms in total. The van der Waals surface area contributed by atoms with E-state index in [9.17, 15) is 0 Å². The third-order valence-electron chi connectivity index (χ3n) is 1.07. The Labute approximate surface area is 69.9 Å². The molecule has 0 radical (unpaired) electrons. The van der Waals surface area contributed by atoms with E-state index in [2.05, 4.69) is 21.4 Å². The molecule has 0 atom stereocenters. The van der Waals surface area contributed by atoms with Crippen LogP contribution in [-0.4, -0.2) is 16.7 Å². The Morgan fingerprint density at radius 3 is 3.00 bits per heavy atom. The second-order valence-electron chi connectivity index (χ2n) is 2.01. The second-order valence-corrected chi connectivity index (χ2v) is 3.19. The molecule has 0 unspecified atom stereocenters. The van der Waals surface area contributed by atoms with Gasteiger partial charge in [-0.3, -0.25) is 0 Å². The van der Waals surface area contributed by atoms with Crippen LogP contribution in [0.4, 0.5) is 5.13 Å². The fourth-order valence-corrected chi connectivity index (χ4v) is 1.23. The number of anilines is 1. The molecular formula is C7H9N3S. The maximum atomic E-state index is 5.08. The molecule has 0 aromatic carbocycles. The van der Waals surface area contributed by atoms with Crippen LogP contribution in [0.2, 0.25) is 0 Å². The van der Waals surface area contributed by atoms with Crippen LogP contribution >= 0.6 is 11.3 Å². The topological polar surface area (TPSA) is 37.8 Å². The molecule has 1 rings (SSSR count). The van der Waals surface area contributed by atoms with E-state index < -0.39 is 0 Å². The Bertz CT molecular complexity index is 261. The van der Waals surface area contributed by atoms with E-state index in [1.54, 1.807) is 0 Å². The van der Waals surface area contributed by atoms with Gasteiger partial charge >= 0.3 is 0 Å². The van der Waals surface area contributed by atoms with Gasteiger partial charge < -0.3 is 5.32 Å². The first kappa shape index (κ1) is 8.02. The predicted molar refractivity (Wildman–Crippen MR) is 46.6 cm³/mol. The van der Waals surface area contributed by atoms with E-state index in [0.717, 1.165) is 23.1 Å². The zero-order valence-corrected chi connectivity index (χ0v) is 7.11. The smallest absolute Gasteiger partial charge is 0.205 e. The summed E-state index contributed by atoms with van der Waals surface area (Å²) in [5, 5.41) is 12.6. The lowest BCUT2D eigenvalue weighted by molar-refractivity contribution is 1.02. The highest BCUT2D eigenvalue weighted by Crippen LogP contribution is 2.12. The van der Waals surface area contributed by atoms with Crippen molar-refractivity contribution in [3.05, 3.63) is 5.01 Å². The number of rotatable bonds is 3. The highest BCUT2D eigenvalue weighted by molar-refractivity contribution is 7.15. The molecule has 0 aliphatic rings. The molecule has 0 saturated heterocycles. The fourth-order valence-electron chi connectivity index (χ4n) is 0.610. The number of aromatic nitrogens is 2. The monoisotopic (exact) mass is 167 g/mol. The molecule has 58 valence electrons. The molecule has 0 aliphatic heterocycles. The Kier molecular flexibility index (Phi) is 2.87. The normalized spacial score (nSPS) is 9.09. The van der Waals surface area contributed by atoms with Gasteiger partial charge in [-0.05, 0) is 6.92 Å². The highest BCUT2D eigenvalue weighted by Gasteiger charge is 1.96. The van der Waals surface area contributed by atoms with Crippen molar-refractivity contribution >= 4 is 16.5 Å². The van der Waals surface area contributed by atoms with Crippen LogP contribution < -0.4 is 5.32 Å². The lowest BCUT2D eigenvalue weighted by Crippen LogP contribution is -1.99. The summed E-state index contributed by atoms with van der Waals surface area (Å²) in [6.45, 7) is 2.69. The molecule has 1 aromatic rings. The van der Waals surface area contributed by atoms with Crippen LogP contribution in [0.3, 0.4) is 0 Å². The zero-order valence-electron chi connectivity index (χ0n) is 6.29. The molecule has 0 fully saturated rings. The molecule has 0 spiro atoms. The minimum absolute atomic E-state index is 0.721. The van der Waals surface area contributed by atoms with Crippen LogP contribution in [0.25, 0.3) is 0 Å². The van der Waals surface area contributed by atoms with E-state index in [-0.39, 0.29) is 0 Å². The summed E-state index contributed by atoms with van der Waals surface area (Å²) in [6, 6.07) is 0. The Balaban J connectivity index is 2.34. The van der Waals surface area contributed by atoms with Gasteiger partial charge in [0.2, 0.25) is 5.13 Å². The average molecular weight is 167 g/mol. The summed E-state index contributed by atoms with van der Waals surface area (Å²) in [5.74, 6) is 2.54. The molecule has 0 aliphatic carbocycles. The van der Waals surface area contributed by atoms with Crippen LogP contribution in [0, 0.1) is 19.3 Å². The molecule has 11 heavy (non-hydrogen) atoms. The van der Waals surface area contributed by atoms with Crippen LogP contribution in [0.15, 0.2) is 0 Å². The van der Waals surface area contributed by atoms with E-state index >= 15 is 0 Å². The largest absolute Gasteiger partial charge is 0.359 e. The predicted octanol–water partition coefficient (Wildman–Crippen LogP) is 1.28. The fraction of sp³-hybridized carbons (Fsp3) is 0.429. The van der Waals surface area contributed by atoms with Gasteiger partial charge in [0.25, 0.3) is 0 Å². The summed E-state index contributed by atoms with van der Waals surface area (Å²) in [4.78, 5) is 0. The minimum Gasteiger partial charge on any atom is -0.359 e. The first-order valence-corrected chi connectivity index (χ1v) is 4.12. The Hall–Kier alpha value is -1.08. The van der Waals surface area contributed by atoms with Crippen LogP contribution in [0.5, 0.6) is 0 Å². The summed E-state index contributed by atoms with van der Waals surface area (Å²) in [7, 11) is 0. The second kappa shape index (κ2) is 3.94. The number of nitrogens with zero attached hydrogens (tertiary/aromatic N) is 2. The van der Waals surface area contributed by atoms with Crippen molar-refractivity contribution in [3.63, 3.8) is 0 Å². The first-order valence-electron chi connectivity index (χ1n) is 3.30. The molecule has 1 N–H and O–H groups in total. The van der Waals surface area contributed by atoms with Crippen molar-refractivity contribution < 1.29 is 0 Å². The summed E-state index contributed by atoms with van der Waals surface area (Å²) < 4.78 is 0. The van der Waals surface area contributed by atoms with E-state index in [1.165, 1.54) is 11.3 Å². The van der Waals surface area contributed by atoms with Crippen molar-refractivity contribution in [2.75, 3.05) is 11.9 Å². The molecule has 1 heterocycles. The minimum atomic E-state index is 0.721. The van der Waals surface area contributed by atoms with Crippen molar-refractivity contribution in [2.45, 2.75) is 13.3 Å². The van der Waals surface area contributed by atoms with Gasteiger partial charge in [-0.15, -0.1) is 22.5 Å². The number of hydrogen-bond donors (Lipinski definition) is 1. The SMILES string of the molecule is C#CCCNc1nnc(C)s1. The number of aryl methyl sites for hydroxylation is 1. The zero-order chi connectivity index (χ0) is 8.10. The number of terminal acetylenes is 1. The lowest BCUT2D eigenvalue weighted by atomic mass is 10.4. The van der Waals surface area contributed by atoms with Crippen LogP contribution in [-0.2, 0) is 0 Å². The lowest BCUT2D eigenvalue weighted by Gasteiger charge is -1.94. The summed E-state index contributed by atoms with van der Waals surface area (Å²) >= 11 is 1.54. The van der Waals surface area contributed by atoms with E-state index in [0.29, 0.717) is 0 Å². The molecule has 1 aromatic heterocycles. The molecule has 4 heteroatoms. The standard InChI is InChI=1S/C7H9N3S/c1-3-4-5-8-7-10-9-6(2)11-7/h1H,4-5H2,2H3,(H,8,10). The third-order valence-corrected chi connectivity index (χ3v) is 1.87. The molecule has 0 saturated carbocycles. The van der Waals surface area contributed by atoms with Crippen LogP contribution in [0.1, 0.15) is 11.4 Å². The molecule has 0 bridgehead atoms. The van der Waals surface area contributed by atoms with Gasteiger partial charge in [-0.2, -0.15) is 0 Å². The van der Waals surface area contributed by atoms with Crippen molar-refractivity contribution in [3.8, 4) is 12.3 Å². The van der Waals surface area contributed by atoms with Crippen molar-refractivity contribution in [2.24, 2.45) is 0 Å². The summed E-state index contributed by atoms with van der Waals surface area (Å²) in [5.41, 5.74) is 0. The van der Waals surface area contributed by atoms with Crippen molar-refractivity contribution in [1.82, 2.24) is 10.2 Å². The van der Waals surface area contributed by atoms with Gasteiger partial charge in [-0.25, -0.2) is 0 Å². The van der Waals surface area contributed by atoms with E-state index in [1.807, 2.05) is 6.92 Å². The highest BCUT2D eigenvalue weighted by atomic mass is 32.1. The third kappa shape index (κ3) is 2.56.